The second-order valence-corrected chi connectivity index (χ2v) is 15.2. The van der Waals surface area contributed by atoms with Crippen LogP contribution in [0, 0.1) is 6.92 Å². The summed E-state index contributed by atoms with van der Waals surface area (Å²) in [6, 6.07) is 6.19. The van der Waals surface area contributed by atoms with Crippen molar-refractivity contribution in [2.24, 2.45) is 0 Å². The Balaban J connectivity index is 1.73. The zero-order valence-electron chi connectivity index (χ0n) is 19.2. The summed E-state index contributed by atoms with van der Waals surface area (Å²) < 4.78 is 75.7. The molecule has 11 heteroatoms. The number of benzene rings is 1. The molecule has 0 saturated carbocycles. The van der Waals surface area contributed by atoms with Crippen LogP contribution in [0.5, 0.6) is 0 Å². The van der Waals surface area contributed by atoms with Crippen molar-refractivity contribution in [2.75, 3.05) is 6.61 Å². The van der Waals surface area contributed by atoms with Crippen molar-refractivity contribution < 1.29 is 26.7 Å². The van der Waals surface area contributed by atoms with Gasteiger partial charge in [0, 0.05) is 49.1 Å². The minimum atomic E-state index is -4.69. The van der Waals surface area contributed by atoms with Gasteiger partial charge in [-0.3, -0.25) is 0 Å². The average molecular weight is 497 g/mol. The Hall–Kier alpha value is -2.79. The van der Waals surface area contributed by atoms with E-state index in [0.717, 1.165) is 35.3 Å². The predicted octanol–water partition coefficient (Wildman–Crippen LogP) is 6.95. The van der Waals surface area contributed by atoms with Crippen molar-refractivity contribution in [2.45, 2.75) is 51.9 Å². The van der Waals surface area contributed by atoms with Crippen molar-refractivity contribution in [3.63, 3.8) is 0 Å². The molecular weight excluding hydrogens is 471 g/mol. The van der Waals surface area contributed by atoms with Gasteiger partial charge < -0.3 is 9.30 Å². The Morgan fingerprint density at radius 2 is 1.82 bits per heavy atom. The van der Waals surface area contributed by atoms with Gasteiger partial charge >= 0.3 is 6.18 Å². The van der Waals surface area contributed by atoms with E-state index in [1.165, 1.54) is 4.57 Å². The monoisotopic (exact) mass is 496 g/mol. The fourth-order valence-corrected chi connectivity index (χ4v) is 4.49. The number of pyridine rings is 1. The number of aromatic nitrogens is 4. The highest BCUT2D eigenvalue weighted by Gasteiger charge is 2.33. The number of fused-ring (bicyclic) bond motifs is 2. The quantitative estimate of drug-likeness (QED) is 0.158. The molecule has 34 heavy (non-hydrogen) atoms. The van der Waals surface area contributed by atoms with Crippen molar-refractivity contribution >= 4 is 30.0 Å². The number of nitrogens with zero attached hydrogens (tertiary/aromatic N) is 4. The SMILES string of the molecule is Cc1cc(-n2cc(C(F)F)c3ccc(C(F)(F)F)nc32)cc2cn(COCC[Si](C)(C)C)nc12. The van der Waals surface area contributed by atoms with Gasteiger partial charge in [-0.25, -0.2) is 18.4 Å². The van der Waals surface area contributed by atoms with E-state index in [9.17, 15) is 22.0 Å². The Bertz CT molecular complexity index is 1340. The lowest BCUT2D eigenvalue weighted by atomic mass is 10.1. The number of hydrogen-bond acceptors (Lipinski definition) is 3. The van der Waals surface area contributed by atoms with Crippen molar-refractivity contribution in [1.82, 2.24) is 19.3 Å². The largest absolute Gasteiger partial charge is 0.433 e. The second kappa shape index (κ2) is 8.77. The molecular formula is C23H25F5N4OSi. The fourth-order valence-electron chi connectivity index (χ4n) is 3.74. The summed E-state index contributed by atoms with van der Waals surface area (Å²) in [4.78, 5) is 3.68. The van der Waals surface area contributed by atoms with Gasteiger partial charge in [-0.05, 0) is 42.8 Å². The van der Waals surface area contributed by atoms with Crippen LogP contribution in [-0.4, -0.2) is 34.0 Å². The van der Waals surface area contributed by atoms with Crippen LogP contribution in [0.4, 0.5) is 22.0 Å². The van der Waals surface area contributed by atoms with Gasteiger partial charge in [0.1, 0.15) is 18.1 Å². The minimum Gasteiger partial charge on any atom is -0.360 e. The molecule has 3 heterocycles. The zero-order chi connectivity index (χ0) is 24.8. The highest BCUT2D eigenvalue weighted by atomic mass is 28.3. The molecule has 5 nitrogen and oxygen atoms in total. The number of hydrogen-bond donors (Lipinski definition) is 0. The van der Waals surface area contributed by atoms with Gasteiger partial charge in [0.15, 0.2) is 0 Å². The third kappa shape index (κ3) is 5.00. The van der Waals surface area contributed by atoms with E-state index in [2.05, 4.69) is 29.7 Å². The highest BCUT2D eigenvalue weighted by molar-refractivity contribution is 6.76. The van der Waals surface area contributed by atoms with E-state index < -0.39 is 26.4 Å². The highest BCUT2D eigenvalue weighted by Crippen LogP contribution is 2.35. The maximum atomic E-state index is 13.6. The molecule has 0 saturated heterocycles. The zero-order valence-corrected chi connectivity index (χ0v) is 20.2. The molecule has 4 aromatic rings. The summed E-state index contributed by atoms with van der Waals surface area (Å²) >= 11 is 0. The number of alkyl halides is 5. The topological polar surface area (TPSA) is 44.9 Å². The summed E-state index contributed by atoms with van der Waals surface area (Å²) in [6.45, 7) is 9.51. The van der Waals surface area contributed by atoms with Gasteiger partial charge in [-0.2, -0.15) is 18.3 Å². The van der Waals surface area contributed by atoms with Crippen LogP contribution >= 0.6 is 0 Å². The molecule has 0 aliphatic carbocycles. The molecule has 0 bridgehead atoms. The van der Waals surface area contributed by atoms with Crippen molar-refractivity contribution in [1.29, 1.82) is 0 Å². The van der Waals surface area contributed by atoms with Crippen LogP contribution in [0.2, 0.25) is 25.7 Å². The molecule has 3 aromatic heterocycles. The molecule has 0 spiro atoms. The standard InChI is InChI=1S/C23H25F5N4OSi/c1-14-9-16(10-15-11-31(30-20(14)15)13-33-7-8-34(2,3)4)32-12-18(21(24)25)17-5-6-19(23(26,27)28)29-22(17)32/h5-6,9-12,21H,7-8,13H2,1-4H3. The maximum Gasteiger partial charge on any atom is 0.433 e. The summed E-state index contributed by atoms with van der Waals surface area (Å²) in [5.41, 5.74) is 0.188. The second-order valence-electron chi connectivity index (χ2n) is 9.54. The number of rotatable bonds is 7. The lowest BCUT2D eigenvalue weighted by Crippen LogP contribution is -2.22. The molecule has 0 aliphatic rings. The third-order valence-corrected chi connectivity index (χ3v) is 7.24. The molecule has 0 atom stereocenters. The van der Waals surface area contributed by atoms with Gasteiger partial charge in [0.2, 0.25) is 0 Å². The summed E-state index contributed by atoms with van der Waals surface area (Å²) in [5.74, 6) is 0. The van der Waals surface area contributed by atoms with E-state index in [0.29, 0.717) is 17.8 Å². The molecule has 0 radical (unpaired) electrons. The van der Waals surface area contributed by atoms with Crippen LogP contribution in [0.25, 0.3) is 27.6 Å². The molecule has 0 aliphatic heterocycles. The van der Waals surface area contributed by atoms with Crippen LogP contribution < -0.4 is 0 Å². The first-order chi connectivity index (χ1) is 15.8. The minimum absolute atomic E-state index is 0.0211. The Morgan fingerprint density at radius 1 is 1.09 bits per heavy atom. The van der Waals surface area contributed by atoms with E-state index in [1.807, 2.05) is 6.92 Å². The van der Waals surface area contributed by atoms with Gasteiger partial charge in [0.05, 0.1) is 5.52 Å². The predicted molar refractivity (Wildman–Crippen MR) is 123 cm³/mol. The summed E-state index contributed by atoms with van der Waals surface area (Å²) in [7, 11) is -1.21. The van der Waals surface area contributed by atoms with Gasteiger partial charge in [-0.1, -0.05) is 19.6 Å². The molecule has 4 rings (SSSR count). The molecule has 0 N–H and O–H groups in total. The Kier molecular flexibility index (Phi) is 6.28. The molecule has 1 aromatic carbocycles. The van der Waals surface area contributed by atoms with E-state index in [1.54, 1.807) is 23.0 Å². The van der Waals surface area contributed by atoms with Crippen molar-refractivity contribution in [3.05, 3.63) is 53.5 Å². The fraction of sp³-hybridized carbons (Fsp3) is 0.391. The molecule has 182 valence electrons. The summed E-state index contributed by atoms with van der Waals surface area (Å²) in [6.07, 6.45) is -4.63. The Labute approximate surface area is 194 Å². The lowest BCUT2D eigenvalue weighted by Gasteiger charge is -2.15. The maximum absolute atomic E-state index is 13.6. The van der Waals surface area contributed by atoms with Crippen LogP contribution in [0.3, 0.4) is 0 Å². The number of aryl methyl sites for hydroxylation is 1. The van der Waals surface area contributed by atoms with E-state index in [-0.39, 0.29) is 23.3 Å². The lowest BCUT2D eigenvalue weighted by molar-refractivity contribution is -0.141. The first kappa shape index (κ1) is 24.3. The smallest absolute Gasteiger partial charge is 0.360 e. The van der Waals surface area contributed by atoms with E-state index in [4.69, 9.17) is 4.74 Å². The van der Waals surface area contributed by atoms with Crippen molar-refractivity contribution in [3.8, 4) is 5.69 Å². The number of halogens is 5. The third-order valence-electron chi connectivity index (χ3n) is 5.54. The Morgan fingerprint density at radius 3 is 2.47 bits per heavy atom. The summed E-state index contributed by atoms with van der Waals surface area (Å²) in [5, 5.41) is 5.23. The average Bonchev–Trinajstić information content (AvgIpc) is 3.31. The molecule has 0 fully saturated rings. The normalized spacial score (nSPS) is 13.0. The van der Waals surface area contributed by atoms with Crippen LogP contribution in [0.1, 0.15) is 23.2 Å². The first-order valence-electron chi connectivity index (χ1n) is 10.8. The van der Waals surface area contributed by atoms with Crippen LogP contribution in [0.15, 0.2) is 36.7 Å². The van der Waals surface area contributed by atoms with Gasteiger partial charge in [-0.15, -0.1) is 0 Å². The van der Waals surface area contributed by atoms with Gasteiger partial charge in [0.25, 0.3) is 6.43 Å². The number of ether oxygens (including phenoxy) is 1. The molecule has 0 unspecified atom stereocenters. The molecule has 0 amide bonds. The van der Waals surface area contributed by atoms with Crippen LogP contribution in [-0.2, 0) is 17.6 Å². The van der Waals surface area contributed by atoms with E-state index >= 15 is 0 Å². The first-order valence-corrected chi connectivity index (χ1v) is 14.5.